The van der Waals surface area contributed by atoms with Crippen molar-refractivity contribution in [3.05, 3.63) is 0 Å². The second kappa shape index (κ2) is 10.1. The molecule has 7 heteroatoms. The van der Waals surface area contributed by atoms with Gasteiger partial charge in [-0.15, -0.1) is 0 Å². The predicted molar refractivity (Wildman–Crippen MR) is 75.4 cm³/mol. The third-order valence-electron chi connectivity index (χ3n) is 2.81. The van der Waals surface area contributed by atoms with Gasteiger partial charge in [-0.3, -0.25) is 9.59 Å². The van der Waals surface area contributed by atoms with Crippen molar-refractivity contribution in [1.29, 1.82) is 0 Å². The van der Waals surface area contributed by atoms with Gasteiger partial charge in [-0.1, -0.05) is 12.8 Å². The topological polar surface area (TPSA) is 90.0 Å². The molecule has 0 radical (unpaired) electrons. The number of amides is 3. The van der Waals surface area contributed by atoms with E-state index in [1.807, 2.05) is 0 Å². The standard InChI is InChI=1S/C13H25N3O4/c1-15(2)11(17)10-16(3)13(20)14-9-7-5-4-6-8-12(18)19/h4-10H2,1-3H3,(H,14,20)(H,18,19). The molecule has 0 fully saturated rings. The number of likely N-dealkylation sites (N-methyl/N-ethyl adjacent to an activating group) is 2. The molecule has 0 aliphatic carbocycles. The maximum Gasteiger partial charge on any atom is 0.317 e. The minimum absolute atomic E-state index is 0.0530. The predicted octanol–water partition coefficient (Wildman–Crippen LogP) is 0.751. The van der Waals surface area contributed by atoms with Gasteiger partial charge in [0.05, 0.1) is 0 Å². The highest BCUT2D eigenvalue weighted by Gasteiger charge is 2.13. The Morgan fingerprint density at radius 2 is 1.60 bits per heavy atom. The van der Waals surface area contributed by atoms with Crippen LogP contribution >= 0.6 is 0 Å². The molecule has 7 nitrogen and oxygen atoms in total. The summed E-state index contributed by atoms with van der Waals surface area (Å²) >= 11 is 0. The van der Waals surface area contributed by atoms with E-state index < -0.39 is 5.97 Å². The minimum Gasteiger partial charge on any atom is -0.481 e. The minimum atomic E-state index is -0.773. The summed E-state index contributed by atoms with van der Waals surface area (Å²) in [7, 11) is 4.86. The summed E-state index contributed by atoms with van der Waals surface area (Å²) in [5.74, 6) is -0.901. The van der Waals surface area contributed by atoms with Crippen LogP contribution in [0, 0.1) is 0 Å². The summed E-state index contributed by atoms with van der Waals surface area (Å²) in [6.07, 6.45) is 3.40. The number of carboxylic acid groups (broad SMARTS) is 1. The summed E-state index contributed by atoms with van der Waals surface area (Å²) in [6, 6.07) is -0.272. The summed E-state index contributed by atoms with van der Waals surface area (Å²) < 4.78 is 0. The van der Waals surface area contributed by atoms with Crippen LogP contribution in [0.2, 0.25) is 0 Å². The second-order valence-corrected chi connectivity index (χ2v) is 4.93. The van der Waals surface area contributed by atoms with Gasteiger partial charge < -0.3 is 20.2 Å². The highest BCUT2D eigenvalue weighted by Crippen LogP contribution is 2.02. The Bertz CT molecular complexity index is 332. The Labute approximate surface area is 119 Å². The van der Waals surface area contributed by atoms with Gasteiger partial charge in [0.2, 0.25) is 5.91 Å². The van der Waals surface area contributed by atoms with Crippen molar-refractivity contribution in [3.8, 4) is 0 Å². The first-order valence-corrected chi connectivity index (χ1v) is 6.75. The molecule has 0 bridgehead atoms. The molecule has 0 aromatic heterocycles. The van der Waals surface area contributed by atoms with E-state index in [-0.39, 0.29) is 24.9 Å². The van der Waals surface area contributed by atoms with Crippen molar-refractivity contribution in [1.82, 2.24) is 15.1 Å². The SMILES string of the molecule is CN(C)C(=O)CN(C)C(=O)NCCCCCCC(=O)O. The number of rotatable bonds is 9. The van der Waals surface area contributed by atoms with Crippen molar-refractivity contribution in [2.45, 2.75) is 32.1 Å². The van der Waals surface area contributed by atoms with Crippen molar-refractivity contribution in [2.24, 2.45) is 0 Å². The summed E-state index contributed by atoms with van der Waals surface area (Å²) in [4.78, 5) is 36.1. The third kappa shape index (κ3) is 9.18. The Kier molecular flexibility index (Phi) is 9.15. The normalized spacial score (nSPS) is 9.95. The van der Waals surface area contributed by atoms with Crippen molar-refractivity contribution in [3.63, 3.8) is 0 Å². The molecule has 0 aliphatic heterocycles. The maximum atomic E-state index is 11.6. The van der Waals surface area contributed by atoms with Gasteiger partial charge in [0, 0.05) is 34.1 Å². The zero-order valence-electron chi connectivity index (χ0n) is 12.5. The molecule has 0 spiro atoms. The molecule has 2 N–H and O–H groups in total. The first kappa shape index (κ1) is 18.2. The Morgan fingerprint density at radius 3 is 2.15 bits per heavy atom. The summed E-state index contributed by atoms with van der Waals surface area (Å²) in [6.45, 7) is 0.587. The number of nitrogens with one attached hydrogen (secondary N) is 1. The third-order valence-corrected chi connectivity index (χ3v) is 2.81. The number of unbranched alkanes of at least 4 members (excludes halogenated alkanes) is 3. The number of hydrogen-bond acceptors (Lipinski definition) is 3. The van der Waals surface area contributed by atoms with Crippen LogP contribution < -0.4 is 5.32 Å². The lowest BCUT2D eigenvalue weighted by molar-refractivity contribution is -0.137. The molecule has 0 rings (SSSR count). The van der Waals surface area contributed by atoms with Gasteiger partial charge in [0.15, 0.2) is 0 Å². The van der Waals surface area contributed by atoms with Crippen molar-refractivity contribution < 1.29 is 19.5 Å². The molecule has 20 heavy (non-hydrogen) atoms. The van der Waals surface area contributed by atoms with Crippen LogP contribution in [0.3, 0.4) is 0 Å². The molecule has 116 valence electrons. The van der Waals surface area contributed by atoms with Gasteiger partial charge in [-0.05, 0) is 12.8 Å². The van der Waals surface area contributed by atoms with E-state index in [2.05, 4.69) is 5.32 Å². The highest BCUT2D eigenvalue weighted by atomic mass is 16.4. The number of carboxylic acids is 1. The van der Waals surface area contributed by atoms with E-state index in [1.54, 1.807) is 21.1 Å². The molecule has 0 saturated heterocycles. The van der Waals surface area contributed by atoms with E-state index in [4.69, 9.17) is 5.11 Å². The highest BCUT2D eigenvalue weighted by molar-refractivity contribution is 5.83. The number of nitrogens with zero attached hydrogens (tertiary/aromatic N) is 2. The molecule has 0 unspecified atom stereocenters. The van der Waals surface area contributed by atoms with Gasteiger partial charge in [-0.25, -0.2) is 4.79 Å². The molecule has 0 saturated carbocycles. The van der Waals surface area contributed by atoms with E-state index in [9.17, 15) is 14.4 Å². The van der Waals surface area contributed by atoms with Gasteiger partial charge in [-0.2, -0.15) is 0 Å². The van der Waals surface area contributed by atoms with E-state index in [0.29, 0.717) is 13.0 Å². The van der Waals surface area contributed by atoms with Crippen LogP contribution in [0.4, 0.5) is 4.79 Å². The Hall–Kier alpha value is -1.79. The van der Waals surface area contributed by atoms with E-state index in [1.165, 1.54) is 9.80 Å². The molecular formula is C13H25N3O4. The van der Waals surface area contributed by atoms with E-state index >= 15 is 0 Å². The monoisotopic (exact) mass is 287 g/mol. The molecule has 0 heterocycles. The summed E-state index contributed by atoms with van der Waals surface area (Å²) in [5.41, 5.74) is 0. The van der Waals surface area contributed by atoms with Gasteiger partial charge in [0.25, 0.3) is 0 Å². The number of urea groups is 1. The second-order valence-electron chi connectivity index (χ2n) is 4.93. The van der Waals surface area contributed by atoms with Crippen LogP contribution in [0.5, 0.6) is 0 Å². The smallest absolute Gasteiger partial charge is 0.317 e. The average Bonchev–Trinajstić information content (AvgIpc) is 2.36. The van der Waals surface area contributed by atoms with Crippen LogP contribution in [0.25, 0.3) is 0 Å². The molecule has 0 aliphatic rings. The molecule has 0 atom stereocenters. The fourth-order valence-electron chi connectivity index (χ4n) is 1.50. The summed E-state index contributed by atoms with van der Waals surface area (Å²) in [5, 5.41) is 11.2. The van der Waals surface area contributed by atoms with Crippen molar-refractivity contribution in [2.75, 3.05) is 34.2 Å². The molecule has 0 aromatic rings. The van der Waals surface area contributed by atoms with E-state index in [0.717, 1.165) is 19.3 Å². The first-order chi connectivity index (χ1) is 9.34. The zero-order chi connectivity index (χ0) is 15.5. The van der Waals surface area contributed by atoms with Crippen LogP contribution in [0.1, 0.15) is 32.1 Å². The molecule has 0 aromatic carbocycles. The number of hydrogen-bond donors (Lipinski definition) is 2. The van der Waals surface area contributed by atoms with Crippen LogP contribution in [0.15, 0.2) is 0 Å². The van der Waals surface area contributed by atoms with Crippen LogP contribution in [-0.2, 0) is 9.59 Å². The largest absolute Gasteiger partial charge is 0.481 e. The lowest BCUT2D eigenvalue weighted by Crippen LogP contribution is -2.43. The lowest BCUT2D eigenvalue weighted by atomic mass is 10.1. The fourth-order valence-corrected chi connectivity index (χ4v) is 1.50. The maximum absolute atomic E-state index is 11.6. The first-order valence-electron chi connectivity index (χ1n) is 6.75. The average molecular weight is 287 g/mol. The van der Waals surface area contributed by atoms with Gasteiger partial charge in [0.1, 0.15) is 6.54 Å². The zero-order valence-corrected chi connectivity index (χ0v) is 12.5. The quantitative estimate of drug-likeness (QED) is 0.612. The van der Waals surface area contributed by atoms with Gasteiger partial charge >= 0.3 is 12.0 Å². The lowest BCUT2D eigenvalue weighted by Gasteiger charge is -2.19. The Morgan fingerprint density at radius 1 is 1.00 bits per heavy atom. The number of carbonyl (C=O) groups is 3. The molecular weight excluding hydrogens is 262 g/mol. The van der Waals surface area contributed by atoms with Crippen molar-refractivity contribution >= 4 is 17.9 Å². The Balaban J connectivity index is 3.62. The van der Waals surface area contributed by atoms with Crippen LogP contribution in [-0.4, -0.2) is 67.0 Å². The fraction of sp³-hybridized carbons (Fsp3) is 0.769. The number of carbonyl (C=O) groups excluding carboxylic acids is 2. The number of aliphatic carboxylic acids is 1. The molecule has 3 amide bonds.